The van der Waals surface area contributed by atoms with Gasteiger partial charge in [-0.3, -0.25) is 0 Å². The number of fused-ring (bicyclic) bond motifs is 9. The Labute approximate surface area is 184 Å². The predicted molar refractivity (Wildman–Crippen MR) is 134 cm³/mol. The molecule has 0 unspecified atom stereocenters. The summed E-state index contributed by atoms with van der Waals surface area (Å²) in [7, 11) is 0. The number of nitrogens with zero attached hydrogens (tertiary/aromatic N) is 1. The summed E-state index contributed by atoms with van der Waals surface area (Å²) < 4.78 is 9.92. The van der Waals surface area contributed by atoms with Gasteiger partial charge in [-0.25, -0.2) is 0 Å². The number of para-hydroxylation sites is 2. The summed E-state index contributed by atoms with van der Waals surface area (Å²) in [6, 6.07) is 30.4. The summed E-state index contributed by atoms with van der Waals surface area (Å²) in [6.07, 6.45) is 0. The number of aromatic nitrogens is 1. The molecule has 3 heteroatoms. The minimum atomic E-state index is 0.934. The first kappa shape index (κ1) is 16.2. The lowest BCUT2D eigenvalue weighted by atomic mass is 9.97. The lowest BCUT2D eigenvalue weighted by molar-refractivity contribution is 0.669. The molecule has 0 atom stereocenters. The third-order valence-electron chi connectivity index (χ3n) is 6.73. The average molecular weight is 460 g/mol. The van der Waals surface area contributed by atoms with E-state index in [0.717, 1.165) is 15.6 Å². The minimum absolute atomic E-state index is 0.934. The van der Waals surface area contributed by atoms with Gasteiger partial charge in [-0.1, -0.05) is 64.5 Å². The maximum atomic E-state index is 6.38. The van der Waals surface area contributed by atoms with Gasteiger partial charge < -0.3 is 8.82 Å². The minimum Gasteiger partial charge on any atom is -0.456 e. The number of benzene rings is 5. The van der Waals surface area contributed by atoms with E-state index in [9.17, 15) is 0 Å². The molecule has 0 fully saturated rings. The molecule has 0 aliphatic rings. The van der Waals surface area contributed by atoms with Crippen LogP contribution < -0.4 is 0 Å². The molecule has 0 bridgehead atoms. The van der Waals surface area contributed by atoms with Gasteiger partial charge in [0.25, 0.3) is 0 Å². The molecule has 0 amide bonds. The number of rotatable bonds is 0. The lowest BCUT2D eigenvalue weighted by Gasteiger charge is -2.13. The van der Waals surface area contributed by atoms with Gasteiger partial charge in [-0.15, -0.1) is 0 Å². The van der Waals surface area contributed by atoms with E-state index in [0.29, 0.717) is 0 Å². The highest BCUT2D eigenvalue weighted by Gasteiger charge is 2.22. The second kappa shape index (κ2) is 5.37. The van der Waals surface area contributed by atoms with Gasteiger partial charge in [0.1, 0.15) is 11.2 Å². The van der Waals surface area contributed by atoms with Crippen LogP contribution in [-0.4, -0.2) is 4.40 Å². The van der Waals surface area contributed by atoms with E-state index in [1.54, 1.807) is 0 Å². The van der Waals surface area contributed by atoms with Crippen LogP contribution in [-0.2, 0) is 0 Å². The normalized spacial score (nSPS) is 12.7. The summed E-state index contributed by atoms with van der Waals surface area (Å²) in [5, 5.41) is 9.92. The zero-order chi connectivity index (χ0) is 20.3. The van der Waals surface area contributed by atoms with Crippen LogP contribution in [0.2, 0.25) is 0 Å². The van der Waals surface area contributed by atoms with Gasteiger partial charge in [0.15, 0.2) is 0 Å². The van der Waals surface area contributed by atoms with Crippen LogP contribution in [0.5, 0.6) is 0 Å². The molecular formula is C28H14BrNO. The summed E-state index contributed by atoms with van der Waals surface area (Å²) in [5.41, 5.74) is 5.62. The molecule has 0 radical (unpaired) electrons. The molecule has 0 saturated carbocycles. The fourth-order valence-corrected chi connectivity index (χ4v) is 6.07. The predicted octanol–water partition coefficient (Wildman–Crippen LogP) is 8.65. The fraction of sp³-hybridized carbons (Fsp3) is 0. The van der Waals surface area contributed by atoms with Crippen molar-refractivity contribution in [3.05, 3.63) is 89.4 Å². The molecule has 3 aromatic heterocycles. The zero-order valence-corrected chi connectivity index (χ0v) is 17.9. The van der Waals surface area contributed by atoms with Crippen LogP contribution in [0.15, 0.2) is 93.8 Å². The van der Waals surface area contributed by atoms with E-state index in [1.807, 2.05) is 6.07 Å². The summed E-state index contributed by atoms with van der Waals surface area (Å²) >= 11 is 3.74. The Morgan fingerprint density at radius 1 is 0.581 bits per heavy atom. The van der Waals surface area contributed by atoms with E-state index in [-0.39, 0.29) is 0 Å². The quantitative estimate of drug-likeness (QED) is 0.164. The second-order valence-corrected chi connectivity index (χ2v) is 9.22. The van der Waals surface area contributed by atoms with Crippen molar-refractivity contribution in [2.45, 2.75) is 0 Å². The first-order chi connectivity index (χ1) is 15.3. The van der Waals surface area contributed by atoms with E-state index < -0.39 is 0 Å². The van der Waals surface area contributed by atoms with E-state index in [4.69, 9.17) is 4.42 Å². The third kappa shape index (κ3) is 1.85. The van der Waals surface area contributed by atoms with Gasteiger partial charge in [-0.05, 0) is 47.2 Å². The van der Waals surface area contributed by atoms with Crippen LogP contribution in [0.25, 0.3) is 70.8 Å². The molecule has 2 nitrogen and oxygen atoms in total. The molecule has 5 aromatic carbocycles. The summed E-state index contributed by atoms with van der Waals surface area (Å²) in [6.45, 7) is 0. The van der Waals surface area contributed by atoms with Crippen LogP contribution in [0.1, 0.15) is 0 Å². The van der Waals surface area contributed by atoms with Crippen LogP contribution in [0.4, 0.5) is 0 Å². The van der Waals surface area contributed by atoms with E-state index in [2.05, 4.69) is 99.2 Å². The Balaban J connectivity index is 1.86. The number of halogens is 1. The van der Waals surface area contributed by atoms with Gasteiger partial charge in [0.2, 0.25) is 0 Å². The van der Waals surface area contributed by atoms with Crippen molar-refractivity contribution in [2.75, 3.05) is 0 Å². The third-order valence-corrected chi connectivity index (χ3v) is 7.19. The van der Waals surface area contributed by atoms with E-state index >= 15 is 0 Å². The topological polar surface area (TPSA) is 17.6 Å². The molecule has 31 heavy (non-hydrogen) atoms. The van der Waals surface area contributed by atoms with Crippen molar-refractivity contribution in [3.8, 4) is 0 Å². The van der Waals surface area contributed by atoms with Gasteiger partial charge in [-0.2, -0.15) is 0 Å². The molecule has 8 aromatic rings. The van der Waals surface area contributed by atoms with Crippen molar-refractivity contribution in [1.82, 2.24) is 4.40 Å². The fourth-order valence-electron chi connectivity index (χ4n) is 5.60. The Hall–Kier alpha value is -3.56. The maximum absolute atomic E-state index is 6.38. The SMILES string of the molecule is Brc1cc2cccc3c2c(c1)c1cc2oc4ccccc4c2c2c4ccccc4n3c12. The molecule has 0 saturated heterocycles. The van der Waals surface area contributed by atoms with Gasteiger partial charge in [0.05, 0.1) is 16.6 Å². The standard InChI is InChI=1S/C28H14BrNO/c29-16-12-15-6-5-10-22-25(15)19(13-16)20-14-24-26(18-8-2-4-11-23(18)31-24)27-17-7-1-3-9-21(17)30(22)28(20)27/h1-14H. The number of furan rings is 1. The van der Waals surface area contributed by atoms with Crippen LogP contribution in [0, 0.1) is 0 Å². The molecule has 144 valence electrons. The number of pyridine rings is 1. The van der Waals surface area contributed by atoms with Gasteiger partial charge >= 0.3 is 0 Å². The summed E-state index contributed by atoms with van der Waals surface area (Å²) in [4.78, 5) is 0. The Bertz CT molecular complexity index is 2010. The number of hydrogen-bond donors (Lipinski definition) is 0. The molecule has 0 spiro atoms. The first-order valence-corrected chi connectivity index (χ1v) is 11.2. The molecule has 8 rings (SSSR count). The van der Waals surface area contributed by atoms with Crippen molar-refractivity contribution in [1.29, 1.82) is 0 Å². The molecule has 3 heterocycles. The Morgan fingerprint density at radius 2 is 1.39 bits per heavy atom. The Kier molecular flexibility index (Phi) is 2.80. The Morgan fingerprint density at radius 3 is 2.32 bits per heavy atom. The molecule has 0 N–H and O–H groups in total. The number of hydrogen-bond acceptors (Lipinski definition) is 1. The van der Waals surface area contributed by atoms with Crippen LogP contribution >= 0.6 is 15.9 Å². The van der Waals surface area contributed by atoms with Crippen molar-refractivity contribution in [3.63, 3.8) is 0 Å². The highest BCUT2D eigenvalue weighted by molar-refractivity contribution is 9.10. The smallest absolute Gasteiger partial charge is 0.136 e. The largest absolute Gasteiger partial charge is 0.456 e. The van der Waals surface area contributed by atoms with Gasteiger partial charge in [0, 0.05) is 36.8 Å². The monoisotopic (exact) mass is 459 g/mol. The van der Waals surface area contributed by atoms with Crippen molar-refractivity contribution >= 4 is 86.7 Å². The molecule has 0 aliphatic heterocycles. The highest BCUT2D eigenvalue weighted by atomic mass is 79.9. The zero-order valence-electron chi connectivity index (χ0n) is 16.3. The first-order valence-electron chi connectivity index (χ1n) is 10.4. The summed E-state index contributed by atoms with van der Waals surface area (Å²) in [5.74, 6) is 0. The van der Waals surface area contributed by atoms with Crippen molar-refractivity contribution in [2.24, 2.45) is 0 Å². The molecular weight excluding hydrogens is 446 g/mol. The van der Waals surface area contributed by atoms with Crippen LogP contribution in [0.3, 0.4) is 0 Å². The van der Waals surface area contributed by atoms with Crippen molar-refractivity contribution < 1.29 is 4.42 Å². The maximum Gasteiger partial charge on any atom is 0.136 e. The average Bonchev–Trinajstić information content (AvgIpc) is 3.33. The van der Waals surface area contributed by atoms with E-state index in [1.165, 1.54) is 59.6 Å². The molecule has 0 aliphatic carbocycles. The highest BCUT2D eigenvalue weighted by Crippen LogP contribution is 2.46. The lowest BCUT2D eigenvalue weighted by Crippen LogP contribution is -1.92. The second-order valence-electron chi connectivity index (χ2n) is 8.30.